The molecule has 20 heavy (non-hydrogen) atoms. The molecule has 0 N–H and O–H groups in total. The predicted octanol–water partition coefficient (Wildman–Crippen LogP) is 0.903. The molecule has 110 valence electrons. The molecule has 2 amide bonds. The molecule has 0 aliphatic carbocycles. The molecule has 6 nitrogen and oxygen atoms in total. The van der Waals surface area contributed by atoms with E-state index in [1.54, 1.807) is 0 Å². The molecule has 1 unspecified atom stereocenters. The minimum atomic E-state index is -0.376. The first kappa shape index (κ1) is 16.4. The van der Waals surface area contributed by atoms with Gasteiger partial charge in [0, 0.05) is 26.0 Å². The third-order valence-electron chi connectivity index (χ3n) is 2.76. The number of hydrogen-bond donors (Lipinski definition) is 0. The van der Waals surface area contributed by atoms with E-state index in [1.807, 2.05) is 0 Å². The lowest BCUT2D eigenvalue weighted by Crippen LogP contribution is -2.36. The minimum absolute atomic E-state index is 0.105. The number of rotatable bonds is 5. The maximum Gasteiger partial charge on any atom is 0.302 e. The summed E-state index contributed by atoms with van der Waals surface area (Å²) in [7, 11) is 0. The Morgan fingerprint density at radius 1 is 1.25 bits per heavy atom. The number of hydrogen-bond acceptors (Lipinski definition) is 6. The summed E-state index contributed by atoms with van der Waals surface area (Å²) in [5.41, 5.74) is 0.706. The van der Waals surface area contributed by atoms with E-state index in [1.165, 1.54) is 26.8 Å². The van der Waals surface area contributed by atoms with Gasteiger partial charge in [-0.2, -0.15) is 0 Å². The van der Waals surface area contributed by atoms with Gasteiger partial charge in [0.1, 0.15) is 0 Å². The van der Waals surface area contributed by atoms with Crippen LogP contribution in [0.1, 0.15) is 27.2 Å². The van der Waals surface area contributed by atoms with Crippen LogP contribution in [0.25, 0.3) is 0 Å². The summed E-state index contributed by atoms with van der Waals surface area (Å²) in [5, 5.41) is -0.275. The lowest BCUT2D eigenvalue weighted by atomic mass is 10.1. The van der Waals surface area contributed by atoms with E-state index in [2.05, 4.69) is 0 Å². The Hall–Kier alpha value is -1.63. The van der Waals surface area contributed by atoms with Crippen LogP contribution in [0.4, 0.5) is 0 Å². The molecule has 0 saturated carbocycles. The Morgan fingerprint density at radius 3 is 2.35 bits per heavy atom. The van der Waals surface area contributed by atoms with E-state index in [9.17, 15) is 19.2 Å². The molecule has 0 aromatic heterocycles. The van der Waals surface area contributed by atoms with Crippen molar-refractivity contribution in [2.75, 3.05) is 13.2 Å². The normalized spacial score (nSPS) is 17.6. The van der Waals surface area contributed by atoms with Gasteiger partial charge in [-0.25, -0.2) is 0 Å². The molecule has 1 atom stereocenters. The van der Waals surface area contributed by atoms with E-state index < -0.39 is 0 Å². The smallest absolute Gasteiger partial charge is 0.302 e. The van der Waals surface area contributed by atoms with Gasteiger partial charge in [0.2, 0.25) is 16.9 Å². The molecule has 1 aliphatic rings. The van der Waals surface area contributed by atoms with Crippen molar-refractivity contribution in [3.63, 3.8) is 0 Å². The van der Waals surface area contributed by atoms with Crippen molar-refractivity contribution < 1.29 is 23.9 Å². The van der Waals surface area contributed by atoms with Crippen molar-refractivity contribution >= 4 is 34.7 Å². The number of imide groups is 1. The predicted molar refractivity (Wildman–Crippen MR) is 73.8 cm³/mol. The average Bonchev–Trinajstić information content (AvgIpc) is 2.65. The van der Waals surface area contributed by atoms with E-state index in [-0.39, 0.29) is 41.3 Å². The Kier molecular flexibility index (Phi) is 5.94. The molecule has 0 radical (unpaired) electrons. The molecule has 1 rings (SSSR count). The SMILES string of the molecule is CC(=O)OCCC1SC(=O)C=C1CN(C(C)=O)C(C)=O. The fourth-order valence-electron chi connectivity index (χ4n) is 1.82. The van der Waals surface area contributed by atoms with Crippen molar-refractivity contribution in [3.8, 4) is 0 Å². The van der Waals surface area contributed by atoms with Gasteiger partial charge in [-0.05, 0) is 18.1 Å². The van der Waals surface area contributed by atoms with Crippen LogP contribution in [-0.4, -0.2) is 46.2 Å². The van der Waals surface area contributed by atoms with Gasteiger partial charge < -0.3 is 4.74 Å². The van der Waals surface area contributed by atoms with Crippen LogP contribution in [0.2, 0.25) is 0 Å². The van der Waals surface area contributed by atoms with Gasteiger partial charge in [-0.3, -0.25) is 24.1 Å². The largest absolute Gasteiger partial charge is 0.466 e. The Bertz CT molecular complexity index is 457. The number of esters is 1. The van der Waals surface area contributed by atoms with Crippen LogP contribution >= 0.6 is 11.8 Å². The standard InChI is InChI=1S/C13H17NO5S/c1-8(15)14(9(2)16)7-11-6-13(18)20-12(11)4-5-19-10(3)17/h6,12H,4-5,7H2,1-3H3. The highest BCUT2D eigenvalue weighted by Gasteiger charge is 2.28. The van der Waals surface area contributed by atoms with Crippen molar-refractivity contribution in [3.05, 3.63) is 11.6 Å². The Balaban J connectivity index is 2.67. The maximum atomic E-state index is 11.5. The molecule has 0 spiro atoms. The summed E-state index contributed by atoms with van der Waals surface area (Å²) in [6, 6.07) is 0. The third kappa shape index (κ3) is 4.80. The van der Waals surface area contributed by atoms with Gasteiger partial charge in [-0.1, -0.05) is 11.8 Å². The Morgan fingerprint density at radius 2 is 1.85 bits per heavy atom. The van der Waals surface area contributed by atoms with Gasteiger partial charge in [0.15, 0.2) is 0 Å². The second-order valence-corrected chi connectivity index (χ2v) is 5.60. The molecule has 0 fully saturated rings. The number of carbonyl (C=O) groups excluding carboxylic acids is 4. The molecule has 0 saturated heterocycles. The number of nitrogens with zero attached hydrogens (tertiary/aromatic N) is 1. The van der Waals surface area contributed by atoms with Crippen molar-refractivity contribution in [2.24, 2.45) is 0 Å². The molecule has 1 heterocycles. The number of ether oxygens (including phenoxy) is 1. The van der Waals surface area contributed by atoms with Crippen molar-refractivity contribution in [1.29, 1.82) is 0 Å². The number of carbonyl (C=O) groups is 4. The van der Waals surface area contributed by atoms with E-state index in [0.717, 1.165) is 16.7 Å². The quantitative estimate of drug-likeness (QED) is 0.702. The second-order valence-electron chi connectivity index (χ2n) is 4.40. The lowest BCUT2D eigenvalue weighted by molar-refractivity contribution is -0.142. The van der Waals surface area contributed by atoms with Crippen LogP contribution in [0.5, 0.6) is 0 Å². The molecule has 1 aliphatic heterocycles. The van der Waals surface area contributed by atoms with Crippen LogP contribution < -0.4 is 0 Å². The first-order valence-corrected chi connectivity index (χ1v) is 7.02. The summed E-state index contributed by atoms with van der Waals surface area (Å²) in [6.45, 7) is 4.24. The van der Waals surface area contributed by atoms with Crippen LogP contribution in [0.15, 0.2) is 11.6 Å². The van der Waals surface area contributed by atoms with Gasteiger partial charge in [0.25, 0.3) is 0 Å². The lowest BCUT2D eigenvalue weighted by Gasteiger charge is -2.21. The summed E-state index contributed by atoms with van der Waals surface area (Å²) < 4.78 is 4.85. The molecule has 0 aromatic rings. The minimum Gasteiger partial charge on any atom is -0.466 e. The van der Waals surface area contributed by atoms with Gasteiger partial charge in [0.05, 0.1) is 13.2 Å². The fourth-order valence-corrected chi connectivity index (χ4v) is 2.83. The maximum absolute atomic E-state index is 11.5. The molecular weight excluding hydrogens is 282 g/mol. The average molecular weight is 299 g/mol. The van der Waals surface area contributed by atoms with Gasteiger partial charge in [-0.15, -0.1) is 0 Å². The zero-order valence-electron chi connectivity index (χ0n) is 11.7. The topological polar surface area (TPSA) is 80.8 Å². The second kappa shape index (κ2) is 7.23. The summed E-state index contributed by atoms with van der Waals surface area (Å²) in [5.74, 6) is -1.10. The van der Waals surface area contributed by atoms with E-state index >= 15 is 0 Å². The van der Waals surface area contributed by atoms with Crippen molar-refractivity contribution in [2.45, 2.75) is 32.4 Å². The summed E-state index contributed by atoms with van der Waals surface area (Å²) in [6.07, 6.45) is 1.92. The highest BCUT2D eigenvalue weighted by molar-refractivity contribution is 8.15. The molecule has 7 heteroatoms. The van der Waals surface area contributed by atoms with Gasteiger partial charge >= 0.3 is 5.97 Å². The first-order valence-electron chi connectivity index (χ1n) is 6.14. The first-order chi connectivity index (χ1) is 9.31. The van der Waals surface area contributed by atoms with Crippen LogP contribution in [0, 0.1) is 0 Å². The zero-order chi connectivity index (χ0) is 15.3. The highest BCUT2D eigenvalue weighted by Crippen LogP contribution is 2.31. The Labute approximate surface area is 121 Å². The summed E-state index contributed by atoms with van der Waals surface area (Å²) >= 11 is 1.12. The zero-order valence-corrected chi connectivity index (χ0v) is 12.5. The summed E-state index contributed by atoms with van der Waals surface area (Å²) in [4.78, 5) is 46.0. The fraction of sp³-hybridized carbons (Fsp3) is 0.538. The van der Waals surface area contributed by atoms with E-state index in [0.29, 0.717) is 12.0 Å². The monoisotopic (exact) mass is 299 g/mol. The highest BCUT2D eigenvalue weighted by atomic mass is 32.2. The molecular formula is C13H17NO5S. The van der Waals surface area contributed by atoms with Crippen LogP contribution in [0.3, 0.4) is 0 Å². The van der Waals surface area contributed by atoms with Crippen molar-refractivity contribution in [1.82, 2.24) is 4.90 Å². The van der Waals surface area contributed by atoms with Crippen LogP contribution in [-0.2, 0) is 23.9 Å². The van der Waals surface area contributed by atoms with E-state index in [4.69, 9.17) is 4.74 Å². The number of amides is 2. The number of thioether (sulfide) groups is 1. The third-order valence-corrected chi connectivity index (χ3v) is 3.93. The molecule has 0 aromatic carbocycles. The molecule has 0 bridgehead atoms.